The lowest BCUT2D eigenvalue weighted by atomic mass is 9.93. The van der Waals surface area contributed by atoms with Crippen LogP contribution in [0, 0.1) is 13.8 Å². The molecule has 3 heteroatoms. The number of aliphatic hydroxyl groups is 1. The van der Waals surface area contributed by atoms with Crippen LogP contribution in [0.1, 0.15) is 34.4 Å². The molecule has 0 heterocycles. The Morgan fingerprint density at radius 3 is 2.08 bits per heavy atom. The van der Waals surface area contributed by atoms with Crippen molar-refractivity contribution in [3.8, 4) is 5.75 Å². The Bertz CT molecular complexity index is 875. The number of nitrogens with one attached hydrogen (secondary N) is 1. The predicted octanol–water partition coefficient (Wildman–Crippen LogP) is 5.20. The number of aliphatic hydroxyl groups excluding tert-OH is 1. The first-order valence-electron chi connectivity index (χ1n) is 8.79. The molecular weight excluding hydrogens is 322 g/mol. The Balaban J connectivity index is 2.01. The lowest BCUT2D eigenvalue weighted by molar-refractivity contribution is 0.154. The smallest absolute Gasteiger partial charge is 0.141 e. The largest absolute Gasteiger partial charge is 0.495 e. The maximum Gasteiger partial charge on any atom is 0.141 e. The molecule has 3 aromatic carbocycles. The highest BCUT2D eigenvalue weighted by Gasteiger charge is 2.24. The fraction of sp³-hybridized carbons (Fsp3) is 0.217. The van der Waals surface area contributed by atoms with Crippen molar-refractivity contribution < 1.29 is 9.84 Å². The first-order valence-corrected chi connectivity index (χ1v) is 8.79. The molecule has 2 atom stereocenters. The zero-order chi connectivity index (χ0) is 18.5. The van der Waals surface area contributed by atoms with Crippen LogP contribution in [0.3, 0.4) is 0 Å². The van der Waals surface area contributed by atoms with Crippen molar-refractivity contribution in [2.75, 3.05) is 12.4 Å². The van der Waals surface area contributed by atoms with Crippen molar-refractivity contribution in [3.63, 3.8) is 0 Å². The topological polar surface area (TPSA) is 41.5 Å². The molecular formula is C23H25NO2. The molecule has 0 saturated heterocycles. The van der Waals surface area contributed by atoms with E-state index >= 15 is 0 Å². The third kappa shape index (κ3) is 4.06. The second-order valence-electron chi connectivity index (χ2n) is 6.60. The molecule has 0 aliphatic carbocycles. The number of aryl methyl sites for hydroxylation is 2. The molecule has 134 valence electrons. The second kappa shape index (κ2) is 8.07. The number of ether oxygens (including phenoxy) is 1. The molecule has 0 spiro atoms. The van der Waals surface area contributed by atoms with Gasteiger partial charge in [0.2, 0.25) is 0 Å². The van der Waals surface area contributed by atoms with Gasteiger partial charge in [-0.05, 0) is 37.1 Å². The molecule has 0 saturated carbocycles. The van der Waals surface area contributed by atoms with Crippen molar-refractivity contribution in [1.29, 1.82) is 0 Å². The van der Waals surface area contributed by atoms with Gasteiger partial charge >= 0.3 is 0 Å². The normalized spacial score (nSPS) is 13.1. The highest BCUT2D eigenvalue weighted by Crippen LogP contribution is 2.35. The number of benzene rings is 3. The van der Waals surface area contributed by atoms with Gasteiger partial charge in [0.1, 0.15) is 11.9 Å². The van der Waals surface area contributed by atoms with Crippen LogP contribution in [0.4, 0.5) is 5.69 Å². The predicted molar refractivity (Wildman–Crippen MR) is 107 cm³/mol. The Morgan fingerprint density at radius 2 is 1.42 bits per heavy atom. The molecule has 0 amide bonds. The Labute approximate surface area is 155 Å². The average Bonchev–Trinajstić information content (AvgIpc) is 2.66. The van der Waals surface area contributed by atoms with Crippen LogP contribution in [0.15, 0.2) is 72.8 Å². The van der Waals surface area contributed by atoms with Crippen LogP contribution >= 0.6 is 0 Å². The third-order valence-electron chi connectivity index (χ3n) is 4.52. The minimum absolute atomic E-state index is 0.298. The molecule has 0 aliphatic heterocycles. The number of hydrogen-bond donors (Lipinski definition) is 2. The van der Waals surface area contributed by atoms with Crippen LogP contribution in [0.5, 0.6) is 5.75 Å². The van der Waals surface area contributed by atoms with E-state index in [2.05, 4.69) is 24.4 Å². The maximum absolute atomic E-state index is 11.2. The van der Waals surface area contributed by atoms with Crippen LogP contribution in [0.25, 0.3) is 0 Å². The summed E-state index contributed by atoms with van der Waals surface area (Å²) >= 11 is 0. The highest BCUT2D eigenvalue weighted by atomic mass is 16.5. The first-order chi connectivity index (χ1) is 12.6. The maximum atomic E-state index is 11.2. The molecule has 0 bridgehead atoms. The molecule has 2 N–H and O–H groups in total. The van der Waals surface area contributed by atoms with Gasteiger partial charge in [0.15, 0.2) is 0 Å². The second-order valence-corrected chi connectivity index (χ2v) is 6.60. The third-order valence-corrected chi connectivity index (χ3v) is 4.52. The molecule has 0 unspecified atom stereocenters. The quantitative estimate of drug-likeness (QED) is 0.644. The van der Waals surface area contributed by atoms with Crippen molar-refractivity contribution in [2.45, 2.75) is 26.0 Å². The molecule has 0 radical (unpaired) electrons. The molecule has 3 aromatic rings. The fourth-order valence-corrected chi connectivity index (χ4v) is 3.19. The highest BCUT2D eigenvalue weighted by molar-refractivity contribution is 5.58. The lowest BCUT2D eigenvalue weighted by Gasteiger charge is -2.27. The Hall–Kier alpha value is -2.78. The van der Waals surface area contributed by atoms with E-state index < -0.39 is 6.10 Å². The minimum Gasteiger partial charge on any atom is -0.495 e. The summed E-state index contributed by atoms with van der Waals surface area (Å²) in [5.41, 5.74) is 5.06. The summed E-state index contributed by atoms with van der Waals surface area (Å²) in [7, 11) is 1.65. The molecule has 3 nitrogen and oxygen atoms in total. The van der Waals surface area contributed by atoms with Crippen molar-refractivity contribution >= 4 is 5.69 Å². The van der Waals surface area contributed by atoms with E-state index in [1.807, 2.05) is 67.6 Å². The first kappa shape index (κ1) is 18.0. The number of methoxy groups -OCH3 is 1. The van der Waals surface area contributed by atoms with Crippen LogP contribution in [0.2, 0.25) is 0 Å². The molecule has 3 rings (SSSR count). The monoisotopic (exact) mass is 347 g/mol. The Kier molecular flexibility index (Phi) is 5.59. The lowest BCUT2D eigenvalue weighted by Crippen LogP contribution is -2.20. The van der Waals surface area contributed by atoms with E-state index in [1.165, 1.54) is 0 Å². The van der Waals surface area contributed by atoms with Gasteiger partial charge in [0.25, 0.3) is 0 Å². The number of hydrogen-bond acceptors (Lipinski definition) is 3. The molecule has 0 fully saturated rings. The van der Waals surface area contributed by atoms with Gasteiger partial charge < -0.3 is 15.2 Å². The van der Waals surface area contributed by atoms with Crippen LogP contribution in [-0.2, 0) is 0 Å². The van der Waals surface area contributed by atoms with Gasteiger partial charge in [-0.15, -0.1) is 0 Å². The SMILES string of the molecule is COc1ccccc1N[C@H](c1cccc(C)c1)[C@H](O)c1cccc(C)c1. The number of para-hydroxylation sites is 2. The van der Waals surface area contributed by atoms with Gasteiger partial charge in [0, 0.05) is 0 Å². The molecule has 26 heavy (non-hydrogen) atoms. The van der Waals surface area contributed by atoms with E-state index in [-0.39, 0.29) is 6.04 Å². The van der Waals surface area contributed by atoms with Crippen molar-refractivity contribution in [2.24, 2.45) is 0 Å². The summed E-state index contributed by atoms with van der Waals surface area (Å²) in [6, 6.07) is 23.7. The van der Waals surface area contributed by atoms with E-state index in [9.17, 15) is 5.11 Å². The summed E-state index contributed by atoms with van der Waals surface area (Å²) < 4.78 is 5.47. The summed E-state index contributed by atoms with van der Waals surface area (Å²) in [6.45, 7) is 4.09. The van der Waals surface area contributed by atoms with Gasteiger partial charge in [-0.3, -0.25) is 0 Å². The van der Waals surface area contributed by atoms with Crippen LogP contribution < -0.4 is 10.1 Å². The summed E-state index contributed by atoms with van der Waals surface area (Å²) in [5.74, 6) is 0.751. The minimum atomic E-state index is -0.693. The van der Waals surface area contributed by atoms with E-state index in [1.54, 1.807) is 7.11 Å². The number of anilines is 1. The van der Waals surface area contributed by atoms with E-state index in [4.69, 9.17) is 4.74 Å². The zero-order valence-electron chi connectivity index (χ0n) is 15.4. The summed E-state index contributed by atoms with van der Waals surface area (Å²) in [5, 5.41) is 14.7. The van der Waals surface area contributed by atoms with Crippen LogP contribution in [-0.4, -0.2) is 12.2 Å². The van der Waals surface area contributed by atoms with Gasteiger partial charge in [-0.2, -0.15) is 0 Å². The van der Waals surface area contributed by atoms with E-state index in [0.717, 1.165) is 33.7 Å². The van der Waals surface area contributed by atoms with Crippen molar-refractivity contribution in [1.82, 2.24) is 0 Å². The Morgan fingerprint density at radius 1 is 0.808 bits per heavy atom. The van der Waals surface area contributed by atoms with Gasteiger partial charge in [-0.1, -0.05) is 71.8 Å². The zero-order valence-corrected chi connectivity index (χ0v) is 15.4. The van der Waals surface area contributed by atoms with E-state index in [0.29, 0.717) is 0 Å². The standard InChI is InChI=1S/C23H25NO2/c1-16-8-6-10-18(14-16)22(23(25)19-11-7-9-17(2)15-19)24-20-12-4-5-13-21(20)26-3/h4-15,22-25H,1-3H3/t22-,23-/m1/s1. The average molecular weight is 347 g/mol. The summed E-state index contributed by atoms with van der Waals surface area (Å²) in [4.78, 5) is 0. The van der Waals surface area contributed by atoms with Crippen molar-refractivity contribution in [3.05, 3.63) is 95.1 Å². The fourth-order valence-electron chi connectivity index (χ4n) is 3.19. The molecule has 0 aromatic heterocycles. The number of rotatable bonds is 6. The van der Waals surface area contributed by atoms with Gasteiger partial charge in [-0.25, -0.2) is 0 Å². The summed E-state index contributed by atoms with van der Waals surface area (Å²) in [6.07, 6.45) is -0.693. The van der Waals surface area contributed by atoms with Gasteiger partial charge in [0.05, 0.1) is 18.8 Å². The molecule has 0 aliphatic rings.